The molecule has 1 aliphatic carbocycles. The molecule has 4 rings (SSSR count). The highest BCUT2D eigenvalue weighted by atomic mass is 16.5. The molecule has 1 aliphatic rings. The lowest BCUT2D eigenvalue weighted by Gasteiger charge is -2.06. The number of allylic oxidation sites excluding steroid dienone is 1. The number of hydrogen-bond donors (Lipinski definition) is 1. The van der Waals surface area contributed by atoms with E-state index in [4.69, 9.17) is 9.84 Å². The molecule has 0 unspecified atom stereocenters. The highest BCUT2D eigenvalue weighted by Crippen LogP contribution is 2.31. The number of aromatic carboxylic acids is 1. The minimum atomic E-state index is -1.07. The summed E-state index contributed by atoms with van der Waals surface area (Å²) < 4.78 is 6.78. The lowest BCUT2D eigenvalue weighted by molar-refractivity contribution is 0.0696. The van der Waals surface area contributed by atoms with Crippen LogP contribution in [0.5, 0.6) is 5.75 Å². The fraction of sp³-hybridized carbons (Fsp3) is 0.190. The Hall–Kier alpha value is -3.41. The van der Waals surface area contributed by atoms with Crippen LogP contribution in [0.25, 0.3) is 17.3 Å². The van der Waals surface area contributed by atoms with Crippen LogP contribution in [0.1, 0.15) is 40.5 Å². The Labute approximate surface area is 155 Å². The zero-order chi connectivity index (χ0) is 19.0. The molecule has 3 aromatic rings. The number of fused-ring (bicyclic) bond motifs is 2. The molecule has 136 valence electrons. The van der Waals surface area contributed by atoms with Gasteiger partial charge in [0.1, 0.15) is 11.4 Å². The second-order valence-electron chi connectivity index (χ2n) is 6.37. The van der Waals surface area contributed by atoms with E-state index in [-0.39, 0.29) is 11.1 Å². The van der Waals surface area contributed by atoms with Gasteiger partial charge in [0, 0.05) is 11.8 Å². The number of carboxylic acids is 1. The average Bonchev–Trinajstić information content (AvgIpc) is 3.06. The summed E-state index contributed by atoms with van der Waals surface area (Å²) in [4.78, 5) is 28.6. The number of benzene rings is 1. The monoisotopic (exact) mass is 362 g/mol. The SMILES string of the molecule is CCOc1ccc(C=C2CCc3c2nc2ccc(C(=O)O)cn2c3=O)cc1. The van der Waals surface area contributed by atoms with Gasteiger partial charge in [0.25, 0.3) is 5.56 Å². The predicted octanol–water partition coefficient (Wildman–Crippen LogP) is 3.28. The molecule has 0 aliphatic heterocycles. The van der Waals surface area contributed by atoms with E-state index in [2.05, 4.69) is 4.98 Å². The fourth-order valence-electron chi connectivity index (χ4n) is 3.34. The van der Waals surface area contributed by atoms with Crippen molar-refractivity contribution in [2.24, 2.45) is 0 Å². The summed E-state index contributed by atoms with van der Waals surface area (Å²) in [6.07, 6.45) is 4.70. The number of aromatic nitrogens is 2. The van der Waals surface area contributed by atoms with Gasteiger partial charge in [-0.05, 0) is 61.2 Å². The average molecular weight is 362 g/mol. The van der Waals surface area contributed by atoms with Crippen LogP contribution in [0.4, 0.5) is 0 Å². The topological polar surface area (TPSA) is 80.9 Å². The van der Waals surface area contributed by atoms with Crippen molar-refractivity contribution in [2.75, 3.05) is 6.61 Å². The lowest BCUT2D eigenvalue weighted by atomic mass is 10.1. The summed E-state index contributed by atoms with van der Waals surface area (Å²) in [6, 6.07) is 10.8. The molecule has 0 atom stereocenters. The first-order chi connectivity index (χ1) is 13.1. The van der Waals surface area contributed by atoms with Crippen molar-refractivity contribution in [1.29, 1.82) is 0 Å². The molecular formula is C21H18N2O4. The number of carbonyl (C=O) groups is 1. The number of pyridine rings is 1. The Morgan fingerprint density at radius 1 is 1.22 bits per heavy atom. The largest absolute Gasteiger partial charge is 0.494 e. The molecule has 0 spiro atoms. The molecule has 2 aromatic heterocycles. The van der Waals surface area contributed by atoms with E-state index in [1.165, 1.54) is 16.7 Å². The van der Waals surface area contributed by atoms with Crippen LogP contribution in [0.2, 0.25) is 0 Å². The minimum absolute atomic E-state index is 0.0644. The highest BCUT2D eigenvalue weighted by molar-refractivity contribution is 5.88. The van der Waals surface area contributed by atoms with E-state index in [0.29, 0.717) is 29.9 Å². The Morgan fingerprint density at radius 3 is 2.70 bits per heavy atom. The summed E-state index contributed by atoms with van der Waals surface area (Å²) in [5.74, 6) is -0.247. The third kappa shape index (κ3) is 3.10. The van der Waals surface area contributed by atoms with E-state index < -0.39 is 5.97 Å². The maximum absolute atomic E-state index is 12.8. The van der Waals surface area contributed by atoms with Crippen LogP contribution in [0.3, 0.4) is 0 Å². The smallest absolute Gasteiger partial charge is 0.337 e. The van der Waals surface area contributed by atoms with Crippen molar-refractivity contribution in [2.45, 2.75) is 19.8 Å². The van der Waals surface area contributed by atoms with Crippen LogP contribution in [-0.4, -0.2) is 27.1 Å². The Morgan fingerprint density at radius 2 is 2.00 bits per heavy atom. The number of carboxylic acid groups (broad SMARTS) is 1. The summed E-state index contributed by atoms with van der Waals surface area (Å²) in [7, 11) is 0. The van der Waals surface area contributed by atoms with Gasteiger partial charge in [0.05, 0.1) is 17.9 Å². The van der Waals surface area contributed by atoms with Gasteiger partial charge in [-0.3, -0.25) is 9.20 Å². The van der Waals surface area contributed by atoms with E-state index in [0.717, 1.165) is 23.3 Å². The van der Waals surface area contributed by atoms with Crippen molar-refractivity contribution in [3.8, 4) is 5.75 Å². The van der Waals surface area contributed by atoms with E-state index >= 15 is 0 Å². The quantitative estimate of drug-likeness (QED) is 0.770. The van der Waals surface area contributed by atoms with Crippen molar-refractivity contribution in [1.82, 2.24) is 9.38 Å². The van der Waals surface area contributed by atoms with E-state index in [1.54, 1.807) is 6.07 Å². The highest BCUT2D eigenvalue weighted by Gasteiger charge is 2.23. The fourth-order valence-corrected chi connectivity index (χ4v) is 3.34. The molecule has 6 heteroatoms. The maximum atomic E-state index is 12.8. The van der Waals surface area contributed by atoms with Gasteiger partial charge in [-0.1, -0.05) is 12.1 Å². The van der Waals surface area contributed by atoms with Crippen LogP contribution in [-0.2, 0) is 6.42 Å². The minimum Gasteiger partial charge on any atom is -0.494 e. The second kappa shape index (κ2) is 6.72. The summed E-state index contributed by atoms with van der Waals surface area (Å²) >= 11 is 0. The van der Waals surface area contributed by atoms with Crippen molar-refractivity contribution >= 4 is 23.3 Å². The molecule has 6 nitrogen and oxygen atoms in total. The van der Waals surface area contributed by atoms with Crippen LogP contribution >= 0.6 is 0 Å². The van der Waals surface area contributed by atoms with Gasteiger partial charge in [0.2, 0.25) is 0 Å². The first kappa shape index (κ1) is 17.0. The third-order valence-electron chi connectivity index (χ3n) is 4.64. The first-order valence-corrected chi connectivity index (χ1v) is 8.79. The molecule has 27 heavy (non-hydrogen) atoms. The molecule has 1 N–H and O–H groups in total. The molecule has 0 radical (unpaired) electrons. The standard InChI is InChI=1S/C21H18N2O4/c1-2-27-16-7-3-13(4-8-16)11-14-5-9-17-19(14)22-18-10-6-15(21(25)26)12-23(18)20(17)24/h3-4,6-8,10-12H,2,5,9H2,1H3,(H,25,26). The van der Waals surface area contributed by atoms with Gasteiger partial charge < -0.3 is 9.84 Å². The zero-order valence-corrected chi connectivity index (χ0v) is 14.8. The summed E-state index contributed by atoms with van der Waals surface area (Å²) in [5.41, 5.74) is 3.68. The number of nitrogens with zero attached hydrogens (tertiary/aromatic N) is 2. The van der Waals surface area contributed by atoms with Crippen LogP contribution in [0, 0.1) is 0 Å². The van der Waals surface area contributed by atoms with E-state index in [9.17, 15) is 9.59 Å². The second-order valence-corrected chi connectivity index (χ2v) is 6.37. The Bertz CT molecular complexity index is 1130. The van der Waals surface area contributed by atoms with Gasteiger partial charge >= 0.3 is 5.97 Å². The summed E-state index contributed by atoms with van der Waals surface area (Å²) in [6.45, 7) is 2.57. The lowest BCUT2D eigenvalue weighted by Crippen LogP contribution is -2.20. The van der Waals surface area contributed by atoms with Gasteiger partial charge in [-0.25, -0.2) is 9.78 Å². The number of ether oxygens (including phenoxy) is 1. The van der Waals surface area contributed by atoms with Crippen molar-refractivity contribution in [3.05, 3.63) is 75.3 Å². The molecule has 0 saturated heterocycles. The van der Waals surface area contributed by atoms with Crippen molar-refractivity contribution in [3.63, 3.8) is 0 Å². The molecule has 0 bridgehead atoms. The summed E-state index contributed by atoms with van der Waals surface area (Å²) in [5, 5.41) is 9.13. The van der Waals surface area contributed by atoms with Crippen LogP contribution in [0.15, 0.2) is 47.4 Å². The maximum Gasteiger partial charge on any atom is 0.337 e. The van der Waals surface area contributed by atoms with Gasteiger partial charge in [0.15, 0.2) is 0 Å². The Balaban J connectivity index is 1.77. The van der Waals surface area contributed by atoms with Gasteiger partial charge in [-0.2, -0.15) is 0 Å². The molecule has 0 fully saturated rings. The van der Waals surface area contributed by atoms with E-state index in [1.807, 2.05) is 37.3 Å². The number of rotatable bonds is 4. The molecule has 0 saturated carbocycles. The predicted molar refractivity (Wildman–Crippen MR) is 102 cm³/mol. The number of hydrogen-bond acceptors (Lipinski definition) is 4. The molecule has 0 amide bonds. The van der Waals surface area contributed by atoms with Gasteiger partial charge in [-0.15, -0.1) is 0 Å². The molecule has 2 heterocycles. The molecule has 1 aromatic carbocycles. The molecular weight excluding hydrogens is 344 g/mol. The van der Waals surface area contributed by atoms with Crippen LogP contribution < -0.4 is 10.3 Å². The third-order valence-corrected chi connectivity index (χ3v) is 4.64. The first-order valence-electron chi connectivity index (χ1n) is 8.79. The van der Waals surface area contributed by atoms with Crippen molar-refractivity contribution < 1.29 is 14.6 Å². The normalized spacial score (nSPS) is 14.5. The zero-order valence-electron chi connectivity index (χ0n) is 14.8. The Kier molecular flexibility index (Phi) is 4.24.